The summed E-state index contributed by atoms with van der Waals surface area (Å²) >= 11 is 0. The van der Waals surface area contributed by atoms with E-state index in [0.29, 0.717) is 29.8 Å². The first-order valence-corrected chi connectivity index (χ1v) is 10.3. The van der Waals surface area contributed by atoms with Gasteiger partial charge in [0.1, 0.15) is 0 Å². The number of carbonyl (C=O) groups excluding carboxylic acids is 4. The molecule has 1 aromatic carbocycles. The van der Waals surface area contributed by atoms with Crippen LogP contribution in [-0.2, 0) is 16.0 Å². The summed E-state index contributed by atoms with van der Waals surface area (Å²) in [5, 5.41) is 15.7. The van der Waals surface area contributed by atoms with E-state index in [0.717, 1.165) is 5.69 Å². The van der Waals surface area contributed by atoms with E-state index < -0.39 is 17.7 Å². The van der Waals surface area contributed by atoms with E-state index in [1.807, 2.05) is 13.8 Å². The van der Waals surface area contributed by atoms with Crippen molar-refractivity contribution in [3.8, 4) is 5.69 Å². The molecule has 170 valence electrons. The van der Waals surface area contributed by atoms with Gasteiger partial charge in [-0.05, 0) is 43.4 Å². The molecule has 1 heterocycles. The van der Waals surface area contributed by atoms with Crippen molar-refractivity contribution in [1.29, 1.82) is 0 Å². The predicted molar refractivity (Wildman–Crippen MR) is 116 cm³/mol. The summed E-state index contributed by atoms with van der Waals surface area (Å²) in [6.07, 6.45) is 1.31. The summed E-state index contributed by atoms with van der Waals surface area (Å²) in [6.45, 7) is 5.84. The minimum absolute atomic E-state index is 0.00875. The van der Waals surface area contributed by atoms with Crippen LogP contribution in [0.3, 0.4) is 0 Å². The molecule has 5 N–H and O–H groups in total. The van der Waals surface area contributed by atoms with Gasteiger partial charge in [0.2, 0.25) is 11.8 Å². The van der Waals surface area contributed by atoms with Gasteiger partial charge in [-0.3, -0.25) is 24.4 Å². The zero-order chi connectivity index (χ0) is 23.6. The summed E-state index contributed by atoms with van der Waals surface area (Å²) in [7, 11) is 0. The molecule has 3 rings (SSSR count). The fourth-order valence-corrected chi connectivity index (χ4v) is 4.01. The van der Waals surface area contributed by atoms with Gasteiger partial charge >= 0.3 is 0 Å². The molecule has 0 unspecified atom stereocenters. The second-order valence-electron chi connectivity index (χ2n) is 8.79. The minimum atomic E-state index is -0.707. The fraction of sp³-hybridized carbons (Fsp3) is 0.409. The molecule has 0 aliphatic heterocycles. The van der Waals surface area contributed by atoms with Crippen molar-refractivity contribution in [1.82, 2.24) is 15.3 Å². The van der Waals surface area contributed by atoms with Crippen LogP contribution in [0.5, 0.6) is 0 Å². The highest BCUT2D eigenvalue weighted by Crippen LogP contribution is 2.37. The molecule has 0 spiro atoms. The van der Waals surface area contributed by atoms with Gasteiger partial charge in [0.05, 0.1) is 33.9 Å². The second-order valence-corrected chi connectivity index (χ2v) is 8.79. The highest BCUT2D eigenvalue weighted by Gasteiger charge is 2.35. The Hall–Kier alpha value is -3.53. The third-order valence-electron chi connectivity index (χ3n) is 5.44. The molecular weight excluding hydrogens is 414 g/mol. The Balaban J connectivity index is 1.93. The number of nitrogens with two attached hydrogens (primary N) is 1. The van der Waals surface area contributed by atoms with Crippen molar-refractivity contribution in [3.05, 3.63) is 40.7 Å². The lowest BCUT2D eigenvalue weighted by Gasteiger charge is -2.29. The fourth-order valence-electron chi connectivity index (χ4n) is 4.01. The van der Waals surface area contributed by atoms with Crippen LogP contribution in [0, 0.1) is 12.3 Å². The van der Waals surface area contributed by atoms with Crippen LogP contribution in [0.25, 0.3) is 5.69 Å². The van der Waals surface area contributed by atoms with Gasteiger partial charge in [0, 0.05) is 19.3 Å². The van der Waals surface area contributed by atoms with E-state index in [1.54, 1.807) is 23.7 Å². The molecule has 0 atom stereocenters. The number of benzene rings is 1. The SMILES string of the molecule is Cc1nn(-c2ccc(C(N)=O)c(NC(=O)CCCC(=O)NO)c2)c2c1C(=O)CC(C)(C)C2. The molecule has 0 fully saturated rings. The van der Waals surface area contributed by atoms with Crippen molar-refractivity contribution in [2.45, 2.75) is 52.9 Å². The Labute approximate surface area is 185 Å². The van der Waals surface area contributed by atoms with E-state index in [9.17, 15) is 19.2 Å². The highest BCUT2D eigenvalue weighted by atomic mass is 16.5. The van der Waals surface area contributed by atoms with Crippen LogP contribution in [-0.4, -0.2) is 38.5 Å². The first kappa shape index (κ1) is 23.1. The van der Waals surface area contributed by atoms with Crippen molar-refractivity contribution in [3.63, 3.8) is 0 Å². The molecule has 1 aromatic heterocycles. The summed E-state index contributed by atoms with van der Waals surface area (Å²) in [6, 6.07) is 4.77. The lowest BCUT2D eigenvalue weighted by Crippen LogP contribution is -2.28. The van der Waals surface area contributed by atoms with Crippen LogP contribution in [0.4, 0.5) is 5.69 Å². The van der Waals surface area contributed by atoms with Gasteiger partial charge in [-0.25, -0.2) is 10.2 Å². The van der Waals surface area contributed by atoms with Crippen LogP contribution in [0.2, 0.25) is 0 Å². The lowest BCUT2D eigenvalue weighted by molar-refractivity contribution is -0.129. The van der Waals surface area contributed by atoms with Gasteiger partial charge < -0.3 is 11.1 Å². The molecule has 0 saturated carbocycles. The molecule has 1 aliphatic rings. The number of rotatable bonds is 7. The number of nitrogens with one attached hydrogen (secondary N) is 2. The van der Waals surface area contributed by atoms with Gasteiger partial charge in [0.15, 0.2) is 5.78 Å². The summed E-state index contributed by atoms with van der Waals surface area (Å²) in [4.78, 5) is 48.0. The molecule has 0 saturated heterocycles. The Morgan fingerprint density at radius 1 is 1.19 bits per heavy atom. The third-order valence-corrected chi connectivity index (χ3v) is 5.44. The quantitative estimate of drug-likeness (QED) is 0.380. The largest absolute Gasteiger partial charge is 0.366 e. The molecule has 2 aromatic rings. The second kappa shape index (κ2) is 8.91. The maximum atomic E-state index is 12.7. The molecule has 32 heavy (non-hydrogen) atoms. The molecule has 0 radical (unpaired) electrons. The van der Waals surface area contributed by atoms with Crippen molar-refractivity contribution in [2.75, 3.05) is 5.32 Å². The smallest absolute Gasteiger partial charge is 0.250 e. The average molecular weight is 441 g/mol. The van der Waals surface area contributed by atoms with Crippen LogP contribution < -0.4 is 16.5 Å². The zero-order valence-electron chi connectivity index (χ0n) is 18.3. The van der Waals surface area contributed by atoms with Gasteiger partial charge in [-0.15, -0.1) is 0 Å². The van der Waals surface area contributed by atoms with Crippen molar-refractivity contribution < 1.29 is 24.4 Å². The number of hydrogen-bond acceptors (Lipinski definition) is 6. The predicted octanol–water partition coefficient (Wildman–Crippen LogP) is 2.05. The standard InChI is InChI=1S/C22H27N5O5/c1-12-20-16(10-22(2,3)11-17(20)28)27(25-12)13-7-8-14(21(23)31)15(9-13)24-18(29)5-4-6-19(30)26-32/h7-9,32H,4-6,10-11H2,1-3H3,(H2,23,31)(H,24,29)(H,26,30). The Morgan fingerprint density at radius 2 is 1.88 bits per heavy atom. The van der Waals surface area contributed by atoms with Gasteiger partial charge in [-0.1, -0.05) is 13.8 Å². The Morgan fingerprint density at radius 3 is 2.53 bits per heavy atom. The van der Waals surface area contributed by atoms with Crippen molar-refractivity contribution in [2.24, 2.45) is 11.1 Å². The van der Waals surface area contributed by atoms with E-state index in [1.165, 1.54) is 11.5 Å². The molecular formula is C22H27N5O5. The number of amides is 3. The topological polar surface area (TPSA) is 156 Å². The Kier molecular flexibility index (Phi) is 6.45. The molecule has 0 bridgehead atoms. The van der Waals surface area contributed by atoms with Crippen LogP contribution in [0.1, 0.15) is 71.6 Å². The number of carbonyl (C=O) groups is 4. The van der Waals surface area contributed by atoms with Crippen LogP contribution in [0.15, 0.2) is 18.2 Å². The van der Waals surface area contributed by atoms with Gasteiger partial charge in [-0.2, -0.15) is 5.10 Å². The highest BCUT2D eigenvalue weighted by molar-refractivity contribution is 6.03. The van der Waals surface area contributed by atoms with E-state index in [-0.39, 0.29) is 41.7 Å². The number of hydroxylamine groups is 1. The zero-order valence-corrected chi connectivity index (χ0v) is 18.3. The maximum Gasteiger partial charge on any atom is 0.250 e. The number of hydrogen-bond donors (Lipinski definition) is 4. The number of ketones is 1. The minimum Gasteiger partial charge on any atom is -0.366 e. The van der Waals surface area contributed by atoms with Crippen LogP contribution >= 0.6 is 0 Å². The number of aromatic nitrogens is 2. The number of aryl methyl sites for hydroxylation is 1. The summed E-state index contributed by atoms with van der Waals surface area (Å²) < 4.78 is 1.68. The Bertz CT molecular complexity index is 1100. The lowest BCUT2D eigenvalue weighted by atomic mass is 9.75. The normalized spacial score (nSPS) is 14.6. The first-order chi connectivity index (χ1) is 15.0. The first-order valence-electron chi connectivity index (χ1n) is 10.3. The molecule has 3 amide bonds. The monoisotopic (exact) mass is 441 g/mol. The number of nitrogens with zero attached hydrogens (tertiary/aromatic N) is 2. The average Bonchev–Trinajstić information content (AvgIpc) is 3.02. The summed E-state index contributed by atoms with van der Waals surface area (Å²) in [5.41, 5.74) is 9.74. The van der Waals surface area contributed by atoms with E-state index >= 15 is 0 Å². The number of anilines is 1. The van der Waals surface area contributed by atoms with Crippen molar-refractivity contribution >= 4 is 29.2 Å². The summed E-state index contributed by atoms with van der Waals surface area (Å²) in [5.74, 6) is -1.66. The molecule has 1 aliphatic carbocycles. The molecule has 10 nitrogen and oxygen atoms in total. The van der Waals surface area contributed by atoms with E-state index in [4.69, 9.17) is 10.9 Å². The maximum absolute atomic E-state index is 12.7. The van der Waals surface area contributed by atoms with Gasteiger partial charge in [0.25, 0.3) is 5.91 Å². The number of fused-ring (bicyclic) bond motifs is 1. The molecule has 10 heteroatoms. The number of Topliss-reactive ketones (excluding diaryl/α,β-unsaturated/α-hetero) is 1. The third kappa shape index (κ3) is 4.86. The number of primary amides is 1. The van der Waals surface area contributed by atoms with E-state index in [2.05, 4.69) is 10.4 Å².